The number of nitrogens with zero attached hydrogens (tertiary/aromatic N) is 3. The summed E-state index contributed by atoms with van der Waals surface area (Å²) >= 11 is 3.40. The van der Waals surface area contributed by atoms with Crippen molar-refractivity contribution in [3.8, 4) is 0 Å². The molecule has 1 fully saturated rings. The molecule has 0 unspecified atom stereocenters. The molecule has 1 amide bonds. The van der Waals surface area contributed by atoms with Crippen LogP contribution in [-0.4, -0.2) is 44.9 Å². The third-order valence-corrected chi connectivity index (χ3v) is 6.94. The van der Waals surface area contributed by atoms with Crippen molar-refractivity contribution in [1.29, 1.82) is 0 Å². The minimum absolute atomic E-state index is 0.109. The fourth-order valence-electron chi connectivity index (χ4n) is 4.63. The predicted molar refractivity (Wildman–Crippen MR) is 167 cm³/mol. The van der Waals surface area contributed by atoms with Crippen LogP contribution < -0.4 is 11.0 Å². The Bertz CT molecular complexity index is 1130. The highest BCUT2D eigenvalue weighted by Gasteiger charge is 2.25. The lowest BCUT2D eigenvalue weighted by atomic mass is 10.1. The molecule has 3 aromatic rings. The minimum Gasteiger partial charge on any atom is -0.334 e. The molecule has 7 heteroatoms. The fraction of sp³-hybridized carbons (Fsp3) is 0.548. The summed E-state index contributed by atoms with van der Waals surface area (Å²) in [6.07, 6.45) is 4.27. The van der Waals surface area contributed by atoms with Gasteiger partial charge in [-0.1, -0.05) is 87.8 Å². The number of hydrogen-bond acceptors (Lipinski definition) is 3. The maximum absolute atomic E-state index is 12.3. The standard InChI is InChI=1S/C13H17N3O.C12H14BrNO.3C2H6/c1-15-11-4-2-3-5-12(11)16(13(15)17)10-6-8-14-9-7-10;13-7-3-4-8-14-9-10-5-1-2-6-11(10)12(14)15;3*1-2/h2-5,10,14H,6-9H2,1H3;1-2,5-6H,3-4,7-9H2;3*1-2H3. The number of fused-ring (bicyclic) bond motifs is 2. The molecule has 0 aliphatic carbocycles. The first-order chi connectivity index (χ1) is 18.6. The molecule has 3 heterocycles. The van der Waals surface area contributed by atoms with E-state index in [0.717, 1.165) is 73.8 Å². The summed E-state index contributed by atoms with van der Waals surface area (Å²) in [7, 11) is 1.85. The molecule has 0 radical (unpaired) electrons. The topological polar surface area (TPSA) is 59.3 Å². The first-order valence-corrected chi connectivity index (χ1v) is 15.5. The van der Waals surface area contributed by atoms with Gasteiger partial charge in [0.25, 0.3) is 5.91 Å². The largest absolute Gasteiger partial charge is 0.334 e. The second-order valence-corrected chi connectivity index (χ2v) is 9.25. The molecule has 212 valence electrons. The van der Waals surface area contributed by atoms with Crippen molar-refractivity contribution in [3.05, 3.63) is 70.1 Å². The van der Waals surface area contributed by atoms with E-state index in [9.17, 15) is 9.59 Å². The number of imidazole rings is 1. The number of nitrogens with one attached hydrogen (secondary N) is 1. The molecule has 2 aliphatic rings. The van der Waals surface area contributed by atoms with Crippen LogP contribution in [0, 0.1) is 0 Å². The molecule has 5 rings (SSSR count). The van der Waals surface area contributed by atoms with E-state index in [-0.39, 0.29) is 11.6 Å². The number of carbonyl (C=O) groups is 1. The van der Waals surface area contributed by atoms with E-state index in [2.05, 4.69) is 21.2 Å². The number of rotatable bonds is 5. The molecule has 1 aromatic heterocycles. The molecule has 2 aromatic carbocycles. The highest BCUT2D eigenvalue weighted by molar-refractivity contribution is 9.09. The van der Waals surface area contributed by atoms with E-state index in [1.54, 1.807) is 4.57 Å². The summed E-state index contributed by atoms with van der Waals surface area (Å²) in [4.78, 5) is 26.1. The van der Waals surface area contributed by atoms with Crippen LogP contribution in [0.2, 0.25) is 0 Å². The molecule has 0 spiro atoms. The fourth-order valence-corrected chi connectivity index (χ4v) is 5.03. The van der Waals surface area contributed by atoms with Crippen LogP contribution >= 0.6 is 15.9 Å². The van der Waals surface area contributed by atoms with Gasteiger partial charge in [0.1, 0.15) is 0 Å². The van der Waals surface area contributed by atoms with Crippen molar-refractivity contribution in [2.75, 3.05) is 25.0 Å². The van der Waals surface area contributed by atoms with Crippen LogP contribution in [-0.2, 0) is 13.6 Å². The third-order valence-electron chi connectivity index (χ3n) is 6.38. The van der Waals surface area contributed by atoms with Crippen LogP contribution in [0.5, 0.6) is 0 Å². The van der Waals surface area contributed by atoms with Gasteiger partial charge in [0.2, 0.25) is 0 Å². The maximum atomic E-state index is 12.3. The van der Waals surface area contributed by atoms with Crippen molar-refractivity contribution in [2.24, 2.45) is 7.05 Å². The zero-order valence-electron chi connectivity index (χ0n) is 24.6. The summed E-state index contributed by atoms with van der Waals surface area (Å²) in [5.41, 5.74) is 4.25. The number of hydrogen-bond donors (Lipinski definition) is 1. The van der Waals surface area contributed by atoms with Gasteiger partial charge in [-0.15, -0.1) is 0 Å². The van der Waals surface area contributed by atoms with E-state index >= 15 is 0 Å². The summed E-state index contributed by atoms with van der Waals surface area (Å²) < 4.78 is 3.72. The second kappa shape index (κ2) is 18.8. The van der Waals surface area contributed by atoms with Crippen molar-refractivity contribution < 1.29 is 4.79 Å². The molecule has 1 N–H and O–H groups in total. The average molecular weight is 590 g/mol. The lowest BCUT2D eigenvalue weighted by Gasteiger charge is -2.23. The van der Waals surface area contributed by atoms with E-state index < -0.39 is 0 Å². The number of piperidine rings is 1. The number of para-hydroxylation sites is 2. The van der Waals surface area contributed by atoms with Gasteiger partial charge in [0, 0.05) is 37.1 Å². The number of halogens is 1. The number of aromatic nitrogens is 2. The van der Waals surface area contributed by atoms with Crippen LogP contribution in [0.3, 0.4) is 0 Å². The number of carbonyl (C=O) groups excluding carboxylic acids is 1. The number of unbranched alkanes of at least 4 members (excludes halogenated alkanes) is 1. The van der Waals surface area contributed by atoms with Crippen molar-refractivity contribution >= 4 is 32.9 Å². The Morgan fingerprint density at radius 2 is 1.42 bits per heavy atom. The smallest absolute Gasteiger partial charge is 0.329 e. The van der Waals surface area contributed by atoms with Gasteiger partial charge in [-0.2, -0.15) is 0 Å². The van der Waals surface area contributed by atoms with Gasteiger partial charge >= 0.3 is 5.69 Å². The van der Waals surface area contributed by atoms with Crippen LogP contribution in [0.4, 0.5) is 0 Å². The van der Waals surface area contributed by atoms with Crippen LogP contribution in [0.1, 0.15) is 89.2 Å². The van der Waals surface area contributed by atoms with Gasteiger partial charge < -0.3 is 10.2 Å². The lowest BCUT2D eigenvalue weighted by molar-refractivity contribution is 0.0776. The van der Waals surface area contributed by atoms with Gasteiger partial charge in [-0.05, 0) is 62.5 Å². The third kappa shape index (κ3) is 8.57. The monoisotopic (exact) mass is 588 g/mol. The minimum atomic E-state index is 0.109. The Morgan fingerprint density at radius 3 is 2.03 bits per heavy atom. The first kappa shape index (κ1) is 33.6. The van der Waals surface area contributed by atoms with Crippen molar-refractivity contribution in [3.63, 3.8) is 0 Å². The Kier molecular flexibility index (Phi) is 16.6. The summed E-state index contributed by atoms with van der Waals surface area (Å²) in [5, 5.41) is 4.35. The Balaban J connectivity index is 0.000000320. The molecule has 6 nitrogen and oxygen atoms in total. The van der Waals surface area contributed by atoms with Gasteiger partial charge in [-0.25, -0.2) is 4.79 Å². The molecule has 0 atom stereocenters. The van der Waals surface area contributed by atoms with E-state index in [4.69, 9.17) is 0 Å². The van der Waals surface area contributed by atoms with Crippen molar-refractivity contribution in [1.82, 2.24) is 19.4 Å². The van der Waals surface area contributed by atoms with E-state index in [1.165, 1.54) is 5.56 Å². The second-order valence-electron chi connectivity index (χ2n) is 8.46. The summed E-state index contributed by atoms with van der Waals surface area (Å²) in [6, 6.07) is 16.3. The van der Waals surface area contributed by atoms with Crippen LogP contribution in [0.25, 0.3) is 11.0 Å². The molecule has 1 saturated heterocycles. The molecule has 38 heavy (non-hydrogen) atoms. The van der Waals surface area contributed by atoms with E-state index in [1.807, 2.05) is 107 Å². The molecule has 0 saturated carbocycles. The number of alkyl halides is 1. The number of benzene rings is 2. The SMILES string of the molecule is CC.CC.CC.Cn1c(=O)n(C2CCNCC2)c2ccccc21.O=C1c2ccccc2CN1CCCCBr. The zero-order valence-corrected chi connectivity index (χ0v) is 26.2. The number of amides is 1. The Morgan fingerprint density at radius 1 is 0.842 bits per heavy atom. The first-order valence-electron chi connectivity index (χ1n) is 14.4. The lowest BCUT2D eigenvalue weighted by Crippen LogP contribution is -2.34. The molecule has 0 bridgehead atoms. The van der Waals surface area contributed by atoms with E-state index in [0.29, 0.717) is 6.04 Å². The highest BCUT2D eigenvalue weighted by Crippen LogP contribution is 2.23. The Labute approximate surface area is 238 Å². The predicted octanol–water partition coefficient (Wildman–Crippen LogP) is 7.16. The van der Waals surface area contributed by atoms with Gasteiger partial charge in [-0.3, -0.25) is 13.9 Å². The average Bonchev–Trinajstić information content (AvgIpc) is 3.45. The normalized spacial score (nSPS) is 14.1. The summed E-state index contributed by atoms with van der Waals surface area (Å²) in [5.74, 6) is 0.195. The maximum Gasteiger partial charge on any atom is 0.329 e. The number of aryl methyl sites for hydroxylation is 1. The molecular formula is C31H49BrN4O2. The van der Waals surface area contributed by atoms with Crippen LogP contribution in [0.15, 0.2) is 53.3 Å². The Hall–Kier alpha value is -2.38. The quantitative estimate of drug-likeness (QED) is 0.254. The molecule has 2 aliphatic heterocycles. The molecular weight excluding hydrogens is 540 g/mol. The van der Waals surface area contributed by atoms with Crippen molar-refractivity contribution in [2.45, 2.75) is 79.8 Å². The summed E-state index contributed by atoms with van der Waals surface area (Å²) in [6.45, 7) is 15.7. The van der Waals surface area contributed by atoms with Gasteiger partial charge in [0.15, 0.2) is 0 Å². The zero-order chi connectivity index (χ0) is 28.5. The van der Waals surface area contributed by atoms with Gasteiger partial charge in [0.05, 0.1) is 11.0 Å². The highest BCUT2D eigenvalue weighted by atomic mass is 79.9.